The molecule has 3 heterocycles. The normalized spacial score (nSPS) is 17.2. The van der Waals surface area contributed by atoms with E-state index >= 15 is 0 Å². The molecule has 220 valence electrons. The van der Waals surface area contributed by atoms with Crippen molar-refractivity contribution < 1.29 is 19.1 Å². The van der Waals surface area contributed by atoms with E-state index in [0.29, 0.717) is 57.1 Å². The van der Waals surface area contributed by atoms with Crippen LogP contribution in [-0.4, -0.2) is 75.2 Å². The minimum absolute atomic E-state index is 0.114. The molecule has 2 N–H and O–H groups in total. The van der Waals surface area contributed by atoms with Crippen molar-refractivity contribution in [3.05, 3.63) is 84.7 Å². The van der Waals surface area contributed by atoms with Gasteiger partial charge in [-0.2, -0.15) is 0 Å². The molecule has 0 aliphatic carbocycles. The summed E-state index contributed by atoms with van der Waals surface area (Å²) >= 11 is 0. The molecule has 0 spiro atoms. The summed E-state index contributed by atoms with van der Waals surface area (Å²) in [6.45, 7) is 2.48. The van der Waals surface area contributed by atoms with E-state index in [9.17, 15) is 9.59 Å². The van der Waals surface area contributed by atoms with Gasteiger partial charge in [-0.05, 0) is 30.2 Å². The Morgan fingerprint density at radius 2 is 1.88 bits per heavy atom. The standard InChI is InChI=1S/C31H37N7O4/c1-36-15-11-32-28(36)21-37-14-6-18-42-27-20-24(9-10-26(27)41-2)30-33-12-16-38(30)17-13-34-31(40)25(35-29(39)22-37)19-23-7-4-3-5-8-23/h3-5,7-12,15-16,20,25H,6,13-14,17-19,21-22H2,1-2H3,(H,34,40)(H,35,39)/t25-/m0/s1. The third-order valence-corrected chi connectivity index (χ3v) is 7.25. The second-order valence-electron chi connectivity index (χ2n) is 10.3. The van der Waals surface area contributed by atoms with Crippen molar-refractivity contribution in [1.82, 2.24) is 34.6 Å². The summed E-state index contributed by atoms with van der Waals surface area (Å²) in [6.07, 6.45) is 8.28. The van der Waals surface area contributed by atoms with Crippen LogP contribution < -0.4 is 20.1 Å². The number of fused-ring (bicyclic) bond motifs is 4. The molecule has 0 saturated carbocycles. The molecular formula is C31H37N7O4. The van der Waals surface area contributed by atoms with E-state index in [0.717, 1.165) is 22.8 Å². The van der Waals surface area contributed by atoms with Crippen LogP contribution in [0.5, 0.6) is 11.5 Å². The summed E-state index contributed by atoms with van der Waals surface area (Å²) in [5.74, 6) is 2.39. The molecule has 1 aliphatic rings. The van der Waals surface area contributed by atoms with Gasteiger partial charge in [-0.25, -0.2) is 9.97 Å². The molecule has 0 saturated heterocycles. The summed E-state index contributed by atoms with van der Waals surface area (Å²) in [6, 6.07) is 14.7. The van der Waals surface area contributed by atoms with Gasteiger partial charge in [0.05, 0.1) is 26.8 Å². The van der Waals surface area contributed by atoms with Crippen molar-refractivity contribution in [2.24, 2.45) is 7.05 Å². The van der Waals surface area contributed by atoms with Gasteiger partial charge < -0.3 is 29.2 Å². The van der Waals surface area contributed by atoms with Crippen LogP contribution in [0.25, 0.3) is 11.4 Å². The van der Waals surface area contributed by atoms with Gasteiger partial charge in [0.25, 0.3) is 0 Å². The first kappa shape index (κ1) is 28.9. The fraction of sp³-hybridized carbons (Fsp3) is 0.355. The Kier molecular flexibility index (Phi) is 9.50. The molecule has 2 aromatic carbocycles. The Labute approximate surface area is 245 Å². The van der Waals surface area contributed by atoms with Gasteiger partial charge in [-0.1, -0.05) is 30.3 Å². The Bertz CT molecular complexity index is 1480. The lowest BCUT2D eigenvalue weighted by Crippen LogP contribution is -2.51. The second kappa shape index (κ2) is 13.8. The maximum atomic E-state index is 13.4. The number of amides is 2. The topological polar surface area (TPSA) is 116 Å². The number of ether oxygens (including phenoxy) is 2. The van der Waals surface area contributed by atoms with Crippen molar-refractivity contribution in [3.8, 4) is 22.9 Å². The number of aromatic nitrogens is 4. The van der Waals surface area contributed by atoms with Crippen LogP contribution in [0.1, 0.15) is 17.8 Å². The highest BCUT2D eigenvalue weighted by Crippen LogP contribution is 2.32. The fourth-order valence-corrected chi connectivity index (χ4v) is 5.04. The number of aryl methyl sites for hydroxylation is 1. The number of rotatable bonds is 5. The second-order valence-corrected chi connectivity index (χ2v) is 10.3. The summed E-state index contributed by atoms with van der Waals surface area (Å²) < 4.78 is 15.6. The third kappa shape index (κ3) is 7.35. The van der Waals surface area contributed by atoms with Crippen molar-refractivity contribution in [1.29, 1.82) is 0 Å². The van der Waals surface area contributed by atoms with Crippen LogP contribution in [0, 0.1) is 0 Å². The number of hydrogen-bond acceptors (Lipinski definition) is 7. The average Bonchev–Trinajstić information content (AvgIpc) is 3.63. The lowest BCUT2D eigenvalue weighted by Gasteiger charge is -2.24. The van der Waals surface area contributed by atoms with Gasteiger partial charge in [-0.15, -0.1) is 0 Å². The highest BCUT2D eigenvalue weighted by Gasteiger charge is 2.23. The number of nitrogens with one attached hydrogen (secondary N) is 2. The van der Waals surface area contributed by atoms with Crippen LogP contribution >= 0.6 is 0 Å². The van der Waals surface area contributed by atoms with E-state index in [4.69, 9.17) is 9.47 Å². The maximum absolute atomic E-state index is 13.4. The molecular weight excluding hydrogens is 534 g/mol. The number of imidazole rings is 2. The Morgan fingerprint density at radius 3 is 2.67 bits per heavy atom. The van der Waals surface area contributed by atoms with E-state index in [1.165, 1.54) is 0 Å². The van der Waals surface area contributed by atoms with E-state index in [2.05, 4.69) is 20.6 Å². The van der Waals surface area contributed by atoms with E-state index in [1.807, 2.05) is 82.0 Å². The summed E-state index contributed by atoms with van der Waals surface area (Å²) in [5, 5.41) is 6.01. The van der Waals surface area contributed by atoms with Crippen LogP contribution in [0.15, 0.2) is 73.3 Å². The maximum Gasteiger partial charge on any atom is 0.242 e. The molecule has 1 aliphatic heterocycles. The lowest BCUT2D eigenvalue weighted by atomic mass is 10.1. The van der Waals surface area contributed by atoms with Gasteiger partial charge in [0, 0.05) is 63.5 Å². The van der Waals surface area contributed by atoms with Crippen molar-refractivity contribution in [2.45, 2.75) is 32.0 Å². The Morgan fingerprint density at radius 1 is 1.05 bits per heavy atom. The van der Waals surface area contributed by atoms with Crippen LogP contribution in [0.4, 0.5) is 0 Å². The minimum Gasteiger partial charge on any atom is -0.493 e. The van der Waals surface area contributed by atoms with E-state index < -0.39 is 6.04 Å². The Balaban J connectivity index is 1.41. The number of benzene rings is 2. The molecule has 2 amide bonds. The van der Waals surface area contributed by atoms with Crippen LogP contribution in [-0.2, 0) is 36.1 Å². The first-order valence-corrected chi connectivity index (χ1v) is 14.1. The first-order chi connectivity index (χ1) is 20.5. The SMILES string of the molecule is COc1ccc2cc1OCCCN(Cc1nccn1C)CC(=O)N[C@@H](Cc1ccccc1)C(=O)NCCn1ccnc1-2. The molecule has 1 atom stereocenters. The highest BCUT2D eigenvalue weighted by atomic mass is 16.5. The molecule has 11 nitrogen and oxygen atoms in total. The largest absolute Gasteiger partial charge is 0.493 e. The van der Waals surface area contributed by atoms with Crippen LogP contribution in [0.2, 0.25) is 0 Å². The van der Waals surface area contributed by atoms with Gasteiger partial charge in [0.2, 0.25) is 11.8 Å². The molecule has 0 fully saturated rings. The smallest absolute Gasteiger partial charge is 0.242 e. The zero-order chi connectivity index (χ0) is 29.3. The number of nitrogens with zero attached hydrogens (tertiary/aromatic N) is 5. The van der Waals surface area contributed by atoms with Crippen molar-refractivity contribution in [3.63, 3.8) is 0 Å². The summed E-state index contributed by atoms with van der Waals surface area (Å²) in [7, 11) is 3.54. The predicted molar refractivity (Wildman–Crippen MR) is 158 cm³/mol. The summed E-state index contributed by atoms with van der Waals surface area (Å²) in [4.78, 5) is 37.8. The molecule has 4 aromatic rings. The van der Waals surface area contributed by atoms with Gasteiger partial charge in [0.15, 0.2) is 11.5 Å². The molecule has 2 aromatic heterocycles. The quantitative estimate of drug-likeness (QED) is 0.378. The first-order valence-electron chi connectivity index (χ1n) is 14.1. The molecule has 42 heavy (non-hydrogen) atoms. The molecule has 0 unspecified atom stereocenters. The molecule has 5 rings (SSSR count). The number of carbonyl (C=O) groups is 2. The van der Waals surface area contributed by atoms with E-state index in [1.54, 1.807) is 19.5 Å². The minimum atomic E-state index is -0.719. The van der Waals surface area contributed by atoms with Crippen molar-refractivity contribution in [2.75, 3.05) is 33.4 Å². The van der Waals surface area contributed by atoms with Gasteiger partial charge in [-0.3, -0.25) is 14.5 Å². The lowest BCUT2D eigenvalue weighted by molar-refractivity contribution is -0.129. The Hall–Kier alpha value is -4.64. The monoisotopic (exact) mass is 571 g/mol. The summed E-state index contributed by atoms with van der Waals surface area (Å²) in [5.41, 5.74) is 1.85. The third-order valence-electron chi connectivity index (χ3n) is 7.25. The fourth-order valence-electron chi connectivity index (χ4n) is 5.04. The van der Waals surface area contributed by atoms with Gasteiger partial charge in [0.1, 0.15) is 17.7 Å². The predicted octanol–water partition coefficient (Wildman–Crippen LogP) is 2.42. The van der Waals surface area contributed by atoms with Crippen molar-refractivity contribution >= 4 is 11.8 Å². The molecule has 2 bridgehead atoms. The molecule has 0 radical (unpaired) electrons. The van der Waals surface area contributed by atoms with E-state index in [-0.39, 0.29) is 18.4 Å². The average molecular weight is 572 g/mol. The van der Waals surface area contributed by atoms with Crippen LogP contribution in [0.3, 0.4) is 0 Å². The zero-order valence-electron chi connectivity index (χ0n) is 24.0. The zero-order valence-corrected chi connectivity index (χ0v) is 24.0. The number of carbonyl (C=O) groups excluding carboxylic acids is 2. The highest BCUT2D eigenvalue weighted by molar-refractivity contribution is 5.88. The number of hydrogen-bond donors (Lipinski definition) is 2. The van der Waals surface area contributed by atoms with Gasteiger partial charge >= 0.3 is 0 Å². The molecule has 11 heteroatoms. The number of methoxy groups -OCH3 is 1.